The molecule has 0 aliphatic carbocycles. The van der Waals surface area contributed by atoms with E-state index < -0.39 is 0 Å². The zero-order valence-electron chi connectivity index (χ0n) is 12.6. The van der Waals surface area contributed by atoms with Crippen LogP contribution in [0.5, 0.6) is 0 Å². The van der Waals surface area contributed by atoms with Crippen LogP contribution in [0, 0.1) is 0 Å². The van der Waals surface area contributed by atoms with Crippen LogP contribution < -0.4 is 5.32 Å². The molecule has 2 heterocycles. The molecule has 0 spiro atoms. The van der Waals surface area contributed by atoms with E-state index in [2.05, 4.69) is 15.1 Å². The summed E-state index contributed by atoms with van der Waals surface area (Å²) in [5, 5.41) is 3.06. The Balaban J connectivity index is 1.78. The standard InChI is InChI=1S/C14H27N3O3/c1-3-20-14(18)13(15-2)11-16-5-4-12(10-16)17-6-8-19-9-7-17/h12-13,15H,3-11H2,1-2H3. The van der Waals surface area contributed by atoms with Gasteiger partial charge < -0.3 is 14.8 Å². The summed E-state index contributed by atoms with van der Waals surface area (Å²) in [6, 6.07) is 0.386. The Bertz CT molecular complexity index is 308. The first-order valence-electron chi connectivity index (χ1n) is 7.62. The molecule has 0 amide bonds. The molecular weight excluding hydrogens is 258 g/mol. The van der Waals surface area contributed by atoms with Gasteiger partial charge in [0.2, 0.25) is 0 Å². The lowest BCUT2D eigenvalue weighted by Crippen LogP contribution is -2.47. The second kappa shape index (κ2) is 7.93. The van der Waals surface area contributed by atoms with Crippen LogP contribution in [0.25, 0.3) is 0 Å². The first-order chi connectivity index (χ1) is 9.74. The molecular formula is C14H27N3O3. The minimum Gasteiger partial charge on any atom is -0.465 e. The molecule has 2 saturated heterocycles. The van der Waals surface area contributed by atoms with Crippen LogP contribution in [0.4, 0.5) is 0 Å². The number of ether oxygens (including phenoxy) is 2. The zero-order valence-corrected chi connectivity index (χ0v) is 12.6. The van der Waals surface area contributed by atoms with Crippen molar-refractivity contribution < 1.29 is 14.3 Å². The Morgan fingerprint density at radius 2 is 2.15 bits per heavy atom. The van der Waals surface area contributed by atoms with Crippen molar-refractivity contribution in [3.05, 3.63) is 0 Å². The molecule has 2 fully saturated rings. The van der Waals surface area contributed by atoms with E-state index in [1.807, 2.05) is 14.0 Å². The SMILES string of the molecule is CCOC(=O)C(CN1CCC(N2CCOCC2)C1)NC. The van der Waals surface area contributed by atoms with E-state index in [0.717, 1.165) is 45.9 Å². The van der Waals surface area contributed by atoms with Gasteiger partial charge in [0.15, 0.2) is 0 Å². The van der Waals surface area contributed by atoms with Gasteiger partial charge >= 0.3 is 5.97 Å². The predicted molar refractivity (Wildman–Crippen MR) is 76.7 cm³/mol. The summed E-state index contributed by atoms with van der Waals surface area (Å²) in [7, 11) is 1.82. The van der Waals surface area contributed by atoms with E-state index in [4.69, 9.17) is 9.47 Å². The Kier molecular flexibility index (Phi) is 6.22. The van der Waals surface area contributed by atoms with Crippen LogP contribution in [-0.2, 0) is 14.3 Å². The Hall–Kier alpha value is -0.690. The van der Waals surface area contributed by atoms with Gasteiger partial charge in [-0.1, -0.05) is 0 Å². The number of carbonyl (C=O) groups is 1. The van der Waals surface area contributed by atoms with Gasteiger partial charge in [0.25, 0.3) is 0 Å². The molecule has 1 N–H and O–H groups in total. The van der Waals surface area contributed by atoms with E-state index in [9.17, 15) is 4.79 Å². The fourth-order valence-corrected chi connectivity index (χ4v) is 3.00. The highest BCUT2D eigenvalue weighted by atomic mass is 16.5. The summed E-state index contributed by atoms with van der Waals surface area (Å²) in [6.45, 7) is 8.87. The summed E-state index contributed by atoms with van der Waals surface area (Å²) in [6.07, 6.45) is 1.18. The van der Waals surface area contributed by atoms with Crippen molar-refractivity contribution in [3.63, 3.8) is 0 Å². The number of carbonyl (C=O) groups excluding carboxylic acids is 1. The molecule has 2 rings (SSSR count). The third-order valence-corrected chi connectivity index (χ3v) is 4.17. The third-order valence-electron chi connectivity index (χ3n) is 4.17. The molecule has 116 valence electrons. The van der Waals surface area contributed by atoms with Crippen LogP contribution in [0.1, 0.15) is 13.3 Å². The largest absolute Gasteiger partial charge is 0.465 e. The first kappa shape index (κ1) is 15.7. The van der Waals surface area contributed by atoms with Gasteiger partial charge in [0.05, 0.1) is 19.8 Å². The van der Waals surface area contributed by atoms with Gasteiger partial charge in [-0.15, -0.1) is 0 Å². The van der Waals surface area contributed by atoms with Crippen LogP contribution in [0.2, 0.25) is 0 Å². The van der Waals surface area contributed by atoms with Gasteiger partial charge in [-0.3, -0.25) is 14.6 Å². The lowest BCUT2D eigenvalue weighted by Gasteiger charge is -2.32. The van der Waals surface area contributed by atoms with Gasteiger partial charge in [-0.25, -0.2) is 0 Å². The molecule has 0 aromatic rings. The zero-order chi connectivity index (χ0) is 14.4. The predicted octanol–water partition coefficient (Wildman–Crippen LogP) is -0.456. The molecule has 2 unspecified atom stereocenters. The number of esters is 1. The van der Waals surface area contributed by atoms with Gasteiger partial charge in [0, 0.05) is 32.2 Å². The molecule has 2 atom stereocenters. The van der Waals surface area contributed by atoms with Crippen LogP contribution in [0.15, 0.2) is 0 Å². The number of morpholine rings is 1. The van der Waals surface area contributed by atoms with Crippen molar-refractivity contribution in [2.45, 2.75) is 25.4 Å². The summed E-state index contributed by atoms with van der Waals surface area (Å²) >= 11 is 0. The van der Waals surface area contributed by atoms with Crippen LogP contribution in [-0.4, -0.2) is 87.4 Å². The number of hydrogen-bond acceptors (Lipinski definition) is 6. The highest BCUT2D eigenvalue weighted by molar-refractivity contribution is 5.76. The van der Waals surface area contributed by atoms with E-state index in [1.165, 1.54) is 6.42 Å². The lowest BCUT2D eigenvalue weighted by molar-refractivity contribution is -0.146. The fraction of sp³-hybridized carbons (Fsp3) is 0.929. The molecule has 6 heteroatoms. The van der Waals surface area contributed by atoms with Gasteiger partial charge in [-0.2, -0.15) is 0 Å². The average Bonchev–Trinajstić information content (AvgIpc) is 2.94. The topological polar surface area (TPSA) is 54.0 Å². The summed E-state index contributed by atoms with van der Waals surface area (Å²) in [4.78, 5) is 16.7. The second-order valence-electron chi connectivity index (χ2n) is 5.44. The number of rotatable bonds is 6. The molecule has 2 aliphatic rings. The normalized spacial score (nSPS) is 26.6. The molecule has 0 bridgehead atoms. The van der Waals surface area contributed by atoms with Crippen molar-refractivity contribution in [2.75, 3.05) is 59.6 Å². The molecule has 0 saturated carbocycles. The summed E-state index contributed by atoms with van der Waals surface area (Å²) in [5.41, 5.74) is 0. The molecule has 6 nitrogen and oxygen atoms in total. The minimum atomic E-state index is -0.224. The van der Waals surface area contributed by atoms with Crippen molar-refractivity contribution in [2.24, 2.45) is 0 Å². The number of nitrogens with zero attached hydrogens (tertiary/aromatic N) is 2. The monoisotopic (exact) mass is 285 g/mol. The lowest BCUT2D eigenvalue weighted by atomic mass is 10.2. The first-order valence-corrected chi connectivity index (χ1v) is 7.62. The Morgan fingerprint density at radius 3 is 2.80 bits per heavy atom. The van der Waals surface area contributed by atoms with Crippen molar-refractivity contribution in [1.82, 2.24) is 15.1 Å². The van der Waals surface area contributed by atoms with Crippen LogP contribution in [0.3, 0.4) is 0 Å². The fourth-order valence-electron chi connectivity index (χ4n) is 3.00. The number of likely N-dealkylation sites (tertiary alicyclic amines) is 1. The van der Waals surface area contributed by atoms with Crippen molar-refractivity contribution >= 4 is 5.97 Å². The smallest absolute Gasteiger partial charge is 0.324 e. The van der Waals surface area contributed by atoms with Crippen LogP contribution >= 0.6 is 0 Å². The van der Waals surface area contributed by atoms with E-state index in [0.29, 0.717) is 12.6 Å². The molecule has 20 heavy (non-hydrogen) atoms. The molecule has 0 aromatic heterocycles. The highest BCUT2D eigenvalue weighted by Crippen LogP contribution is 2.17. The van der Waals surface area contributed by atoms with E-state index >= 15 is 0 Å². The minimum absolute atomic E-state index is 0.148. The van der Waals surface area contributed by atoms with E-state index in [1.54, 1.807) is 0 Å². The average molecular weight is 285 g/mol. The Labute approximate surface area is 121 Å². The van der Waals surface area contributed by atoms with Crippen molar-refractivity contribution in [3.8, 4) is 0 Å². The maximum Gasteiger partial charge on any atom is 0.324 e. The number of likely N-dealkylation sites (N-methyl/N-ethyl adjacent to an activating group) is 1. The number of hydrogen-bond donors (Lipinski definition) is 1. The maximum absolute atomic E-state index is 11.8. The van der Waals surface area contributed by atoms with Gasteiger partial charge in [0.1, 0.15) is 6.04 Å². The summed E-state index contributed by atoms with van der Waals surface area (Å²) in [5.74, 6) is -0.148. The molecule has 0 aromatic carbocycles. The maximum atomic E-state index is 11.8. The second-order valence-corrected chi connectivity index (χ2v) is 5.44. The van der Waals surface area contributed by atoms with Gasteiger partial charge in [-0.05, 0) is 26.9 Å². The third kappa shape index (κ3) is 4.15. The van der Waals surface area contributed by atoms with Crippen molar-refractivity contribution in [1.29, 1.82) is 0 Å². The number of nitrogens with one attached hydrogen (secondary N) is 1. The quantitative estimate of drug-likeness (QED) is 0.667. The molecule has 2 aliphatic heterocycles. The Morgan fingerprint density at radius 1 is 1.40 bits per heavy atom. The highest BCUT2D eigenvalue weighted by Gasteiger charge is 2.31. The summed E-state index contributed by atoms with van der Waals surface area (Å²) < 4.78 is 10.5. The van der Waals surface area contributed by atoms with E-state index in [-0.39, 0.29) is 12.0 Å². The molecule has 0 radical (unpaired) electrons.